The monoisotopic (exact) mass is 288 g/mol. The molecule has 2 aromatic heterocycles. The highest BCUT2D eigenvalue weighted by Crippen LogP contribution is 2.15. The Morgan fingerprint density at radius 1 is 1.48 bits per heavy atom. The highest BCUT2D eigenvalue weighted by Gasteiger charge is 2.16. The van der Waals surface area contributed by atoms with Gasteiger partial charge in [-0.05, 0) is 31.4 Å². The van der Waals surface area contributed by atoms with Crippen LogP contribution in [0.1, 0.15) is 31.9 Å². The first kappa shape index (κ1) is 14.2. The van der Waals surface area contributed by atoms with E-state index >= 15 is 0 Å². The van der Waals surface area contributed by atoms with Gasteiger partial charge >= 0.3 is 0 Å². The lowest BCUT2D eigenvalue weighted by Crippen LogP contribution is -2.15. The Kier molecular flexibility index (Phi) is 4.60. The molecule has 1 unspecified atom stereocenters. The molecule has 1 fully saturated rings. The highest BCUT2D eigenvalue weighted by molar-refractivity contribution is 5.38. The molecular formula is C16H24N4O. The molecule has 0 saturated carbocycles. The zero-order chi connectivity index (χ0) is 14.5. The first-order chi connectivity index (χ1) is 10.3. The molecule has 0 bridgehead atoms. The topological polar surface area (TPSA) is 44.0 Å². The molecule has 1 N–H and O–H groups in total. The number of ether oxygens (including phenoxy) is 1. The summed E-state index contributed by atoms with van der Waals surface area (Å²) < 4.78 is 9.91. The minimum Gasteiger partial charge on any atom is -0.377 e. The normalized spacial score (nSPS) is 18.2. The van der Waals surface area contributed by atoms with Crippen molar-refractivity contribution in [1.82, 2.24) is 14.3 Å². The van der Waals surface area contributed by atoms with Gasteiger partial charge < -0.3 is 14.6 Å². The molecule has 1 aliphatic heterocycles. The first-order valence-electron chi connectivity index (χ1n) is 7.87. The third-order valence-electron chi connectivity index (χ3n) is 3.91. The Morgan fingerprint density at radius 3 is 3.24 bits per heavy atom. The predicted octanol–water partition coefficient (Wildman–Crippen LogP) is 2.89. The summed E-state index contributed by atoms with van der Waals surface area (Å²) in [5.41, 5.74) is 2.38. The summed E-state index contributed by atoms with van der Waals surface area (Å²) in [6.07, 6.45) is 9.90. The Balaban J connectivity index is 1.53. The second-order valence-electron chi connectivity index (χ2n) is 5.63. The lowest BCUT2D eigenvalue weighted by atomic mass is 10.2. The van der Waals surface area contributed by atoms with E-state index in [0.29, 0.717) is 6.10 Å². The van der Waals surface area contributed by atoms with E-state index in [1.54, 1.807) is 0 Å². The van der Waals surface area contributed by atoms with E-state index in [2.05, 4.69) is 46.4 Å². The summed E-state index contributed by atoms with van der Waals surface area (Å²) in [7, 11) is 0. The van der Waals surface area contributed by atoms with Gasteiger partial charge in [-0.15, -0.1) is 0 Å². The van der Waals surface area contributed by atoms with Crippen molar-refractivity contribution in [3.05, 3.63) is 36.4 Å². The van der Waals surface area contributed by atoms with Gasteiger partial charge in [0.05, 0.1) is 31.1 Å². The maximum absolute atomic E-state index is 5.64. The highest BCUT2D eigenvalue weighted by atomic mass is 16.5. The van der Waals surface area contributed by atoms with Crippen molar-refractivity contribution >= 4 is 5.69 Å². The second-order valence-corrected chi connectivity index (χ2v) is 5.63. The van der Waals surface area contributed by atoms with Gasteiger partial charge in [-0.1, -0.05) is 6.92 Å². The van der Waals surface area contributed by atoms with Crippen molar-refractivity contribution in [2.75, 3.05) is 11.9 Å². The number of aryl methyl sites for hydroxylation is 1. The molecule has 114 valence electrons. The lowest BCUT2D eigenvalue weighted by Gasteiger charge is -2.09. The van der Waals surface area contributed by atoms with Crippen LogP contribution < -0.4 is 5.32 Å². The van der Waals surface area contributed by atoms with Gasteiger partial charge in [0.15, 0.2) is 0 Å². The van der Waals surface area contributed by atoms with Crippen LogP contribution in [0, 0.1) is 0 Å². The molecule has 0 radical (unpaired) electrons. The van der Waals surface area contributed by atoms with Crippen molar-refractivity contribution in [3.8, 4) is 0 Å². The van der Waals surface area contributed by atoms with E-state index in [0.717, 1.165) is 44.8 Å². The van der Waals surface area contributed by atoms with Crippen LogP contribution in [0.15, 0.2) is 30.7 Å². The molecular weight excluding hydrogens is 264 g/mol. The predicted molar refractivity (Wildman–Crippen MR) is 83.3 cm³/mol. The molecule has 0 aromatic carbocycles. The fraction of sp³-hybridized carbons (Fsp3) is 0.562. The quantitative estimate of drug-likeness (QED) is 0.852. The molecule has 1 aliphatic rings. The summed E-state index contributed by atoms with van der Waals surface area (Å²) in [6, 6.07) is 4.27. The third-order valence-corrected chi connectivity index (χ3v) is 3.91. The largest absolute Gasteiger partial charge is 0.377 e. The summed E-state index contributed by atoms with van der Waals surface area (Å²) in [5.74, 6) is 0. The van der Waals surface area contributed by atoms with E-state index in [9.17, 15) is 0 Å². The van der Waals surface area contributed by atoms with Gasteiger partial charge in [-0.25, -0.2) is 0 Å². The Hall–Kier alpha value is -1.75. The second kappa shape index (κ2) is 6.80. The number of nitrogens with zero attached hydrogens (tertiary/aromatic N) is 3. The van der Waals surface area contributed by atoms with Crippen LogP contribution in [-0.4, -0.2) is 27.1 Å². The average molecular weight is 288 g/mol. The maximum Gasteiger partial charge on any atom is 0.0771 e. The van der Waals surface area contributed by atoms with E-state index in [1.165, 1.54) is 12.1 Å². The summed E-state index contributed by atoms with van der Waals surface area (Å²) in [4.78, 5) is 0. The van der Waals surface area contributed by atoms with Crippen molar-refractivity contribution in [3.63, 3.8) is 0 Å². The van der Waals surface area contributed by atoms with Crippen LogP contribution >= 0.6 is 0 Å². The van der Waals surface area contributed by atoms with Gasteiger partial charge in [0, 0.05) is 31.2 Å². The van der Waals surface area contributed by atoms with Crippen molar-refractivity contribution in [2.45, 2.75) is 51.9 Å². The lowest BCUT2D eigenvalue weighted by molar-refractivity contribution is 0.0940. The van der Waals surface area contributed by atoms with Gasteiger partial charge in [0.1, 0.15) is 0 Å². The van der Waals surface area contributed by atoms with Crippen LogP contribution in [0.2, 0.25) is 0 Å². The molecule has 5 heteroatoms. The number of hydrogen-bond donors (Lipinski definition) is 1. The fourth-order valence-electron chi connectivity index (χ4n) is 2.81. The first-order valence-corrected chi connectivity index (χ1v) is 7.87. The summed E-state index contributed by atoms with van der Waals surface area (Å²) >= 11 is 0. The number of aromatic nitrogens is 3. The molecule has 2 aromatic rings. The maximum atomic E-state index is 5.64. The number of nitrogens with one attached hydrogen (secondary N) is 1. The standard InChI is InChI=1S/C16H24N4O/c1-2-7-19-8-3-5-15(19)11-17-14-10-18-20(12-14)13-16-6-4-9-21-16/h3,5,8,10,12,16-17H,2,4,6-7,9,11,13H2,1H3. The average Bonchev–Trinajstić information content (AvgIpc) is 3.20. The van der Waals surface area contributed by atoms with Crippen LogP contribution in [0.3, 0.4) is 0 Å². The van der Waals surface area contributed by atoms with E-state index in [-0.39, 0.29) is 0 Å². The molecule has 0 aliphatic carbocycles. The molecule has 0 spiro atoms. The zero-order valence-corrected chi connectivity index (χ0v) is 12.7. The Labute approximate surface area is 125 Å². The number of rotatable bonds is 7. The zero-order valence-electron chi connectivity index (χ0n) is 12.7. The van der Waals surface area contributed by atoms with E-state index in [4.69, 9.17) is 4.74 Å². The molecule has 1 atom stereocenters. The minimum absolute atomic E-state index is 0.333. The van der Waals surface area contributed by atoms with Crippen LogP contribution in [0.5, 0.6) is 0 Å². The molecule has 5 nitrogen and oxygen atoms in total. The van der Waals surface area contributed by atoms with Gasteiger partial charge in [-0.3, -0.25) is 4.68 Å². The molecule has 3 heterocycles. The van der Waals surface area contributed by atoms with Gasteiger partial charge in [0.2, 0.25) is 0 Å². The fourth-order valence-corrected chi connectivity index (χ4v) is 2.81. The third kappa shape index (κ3) is 3.67. The van der Waals surface area contributed by atoms with Gasteiger partial charge in [0.25, 0.3) is 0 Å². The van der Waals surface area contributed by atoms with Crippen LogP contribution in [0.4, 0.5) is 5.69 Å². The van der Waals surface area contributed by atoms with Crippen molar-refractivity contribution in [2.24, 2.45) is 0 Å². The number of hydrogen-bond acceptors (Lipinski definition) is 3. The minimum atomic E-state index is 0.333. The molecule has 0 amide bonds. The molecule has 1 saturated heterocycles. The smallest absolute Gasteiger partial charge is 0.0771 e. The number of anilines is 1. The Morgan fingerprint density at radius 2 is 2.43 bits per heavy atom. The Bertz CT molecular complexity index is 554. The van der Waals surface area contributed by atoms with Crippen LogP contribution in [0.25, 0.3) is 0 Å². The van der Waals surface area contributed by atoms with E-state index < -0.39 is 0 Å². The van der Waals surface area contributed by atoms with Crippen LogP contribution in [-0.2, 0) is 24.4 Å². The van der Waals surface area contributed by atoms with E-state index in [1.807, 2.05) is 10.9 Å². The van der Waals surface area contributed by atoms with Crippen molar-refractivity contribution < 1.29 is 4.74 Å². The SMILES string of the molecule is CCCn1cccc1CNc1cnn(CC2CCCO2)c1. The summed E-state index contributed by atoms with van der Waals surface area (Å²) in [5, 5.41) is 7.85. The van der Waals surface area contributed by atoms with Crippen molar-refractivity contribution in [1.29, 1.82) is 0 Å². The van der Waals surface area contributed by atoms with Gasteiger partial charge in [-0.2, -0.15) is 5.10 Å². The summed E-state index contributed by atoms with van der Waals surface area (Å²) in [6.45, 7) is 5.85. The molecule has 3 rings (SSSR count). The molecule has 21 heavy (non-hydrogen) atoms.